The lowest BCUT2D eigenvalue weighted by atomic mass is 9.81. The van der Waals surface area contributed by atoms with Crippen molar-refractivity contribution in [2.45, 2.75) is 39.9 Å². The molecule has 0 amide bonds. The molecule has 0 saturated heterocycles. The van der Waals surface area contributed by atoms with Gasteiger partial charge in [0.2, 0.25) is 0 Å². The predicted molar refractivity (Wildman–Crippen MR) is 122 cm³/mol. The fourth-order valence-corrected chi connectivity index (χ4v) is 4.45. The van der Waals surface area contributed by atoms with E-state index >= 15 is 0 Å². The molecule has 154 valence electrons. The average Bonchev–Trinajstić information content (AvgIpc) is 2.74. The molecule has 0 saturated carbocycles. The Morgan fingerprint density at radius 2 is 1.89 bits per heavy atom. The summed E-state index contributed by atoms with van der Waals surface area (Å²) in [6.45, 7) is 11.6. The van der Waals surface area contributed by atoms with Crippen LogP contribution < -0.4 is 5.32 Å². The van der Waals surface area contributed by atoms with Gasteiger partial charge in [0, 0.05) is 24.8 Å². The van der Waals surface area contributed by atoms with Crippen molar-refractivity contribution >= 4 is 17.5 Å². The van der Waals surface area contributed by atoms with Gasteiger partial charge in [0.15, 0.2) is 5.78 Å². The molecule has 0 spiro atoms. The van der Waals surface area contributed by atoms with Gasteiger partial charge < -0.3 is 10.2 Å². The van der Waals surface area contributed by atoms with Gasteiger partial charge in [0.1, 0.15) is 0 Å². The Labute approximate surface area is 175 Å². The normalized spacial score (nSPS) is 27.2. The van der Waals surface area contributed by atoms with Crippen LogP contribution in [0.2, 0.25) is 0 Å². The Morgan fingerprint density at radius 3 is 2.57 bits per heavy atom. The van der Waals surface area contributed by atoms with Gasteiger partial charge in [-0.25, -0.2) is 0 Å². The maximum Gasteiger partial charge on any atom is 0.174 e. The van der Waals surface area contributed by atoms with Crippen LogP contribution in [-0.4, -0.2) is 37.4 Å². The summed E-state index contributed by atoms with van der Waals surface area (Å²) >= 11 is 1.67. The van der Waals surface area contributed by atoms with E-state index < -0.39 is 0 Å². The smallest absolute Gasteiger partial charge is 0.174 e. The van der Waals surface area contributed by atoms with Crippen LogP contribution in [0.3, 0.4) is 0 Å². The summed E-state index contributed by atoms with van der Waals surface area (Å²) in [6.07, 6.45) is 5.38. The highest BCUT2D eigenvalue weighted by atomic mass is 32.2. The molecule has 1 aromatic carbocycles. The number of nitrogens with one attached hydrogen (secondary N) is 1. The van der Waals surface area contributed by atoms with E-state index in [1.165, 1.54) is 5.56 Å². The summed E-state index contributed by atoms with van der Waals surface area (Å²) in [7, 11) is 2.12. The molecule has 0 radical (unpaired) electrons. The highest BCUT2D eigenvalue weighted by molar-refractivity contribution is 8.03. The van der Waals surface area contributed by atoms with E-state index in [4.69, 9.17) is 0 Å². The molecule has 1 aromatic rings. The van der Waals surface area contributed by atoms with E-state index in [0.29, 0.717) is 11.8 Å². The maximum absolute atomic E-state index is 13.4. The van der Waals surface area contributed by atoms with Crippen LogP contribution in [0.5, 0.6) is 0 Å². The zero-order valence-corrected chi connectivity index (χ0v) is 18.9. The first kappa shape index (κ1) is 22.8. The molecule has 0 fully saturated rings. The average molecular weight is 401 g/mol. The largest absolute Gasteiger partial charge is 0.383 e. The Balaban J connectivity index is 2.27. The number of Topliss-reactive ketones (excluding diaryl/α,β-unsaturated/α-hetero) is 1. The molecule has 0 heterocycles. The molecule has 0 aliphatic heterocycles. The second-order valence-corrected chi connectivity index (χ2v) is 8.95. The number of nitrogens with zero attached hydrogens (tertiary/aromatic N) is 1. The topological polar surface area (TPSA) is 32.3 Å². The van der Waals surface area contributed by atoms with Crippen LogP contribution in [0.4, 0.5) is 0 Å². The van der Waals surface area contributed by atoms with Gasteiger partial charge in [-0.2, -0.15) is 0 Å². The SMILES string of the molecule is CCN(C)CCNC1=C(\SCc2ccccc2)C(=O)[C@H](C)C(C)C(C)C\C=C\1. The lowest BCUT2D eigenvalue weighted by Crippen LogP contribution is -2.30. The van der Waals surface area contributed by atoms with Crippen molar-refractivity contribution in [2.75, 3.05) is 26.7 Å². The number of carbonyl (C=O) groups is 1. The molecule has 28 heavy (non-hydrogen) atoms. The molecule has 3 nitrogen and oxygen atoms in total. The Kier molecular flexibility index (Phi) is 9.33. The first-order valence-corrected chi connectivity index (χ1v) is 11.5. The molecule has 4 heteroatoms. The van der Waals surface area contributed by atoms with Gasteiger partial charge in [-0.15, -0.1) is 11.8 Å². The van der Waals surface area contributed by atoms with Crippen molar-refractivity contribution in [1.82, 2.24) is 10.2 Å². The number of hydrogen-bond acceptors (Lipinski definition) is 4. The molecule has 1 aliphatic rings. The summed E-state index contributed by atoms with van der Waals surface area (Å²) in [5.41, 5.74) is 2.24. The number of likely N-dealkylation sites (N-methyl/N-ethyl adjacent to an activating group) is 1. The Morgan fingerprint density at radius 1 is 1.18 bits per heavy atom. The van der Waals surface area contributed by atoms with E-state index in [1.54, 1.807) is 11.8 Å². The first-order chi connectivity index (χ1) is 13.4. The van der Waals surface area contributed by atoms with Crippen LogP contribution in [0.1, 0.15) is 39.7 Å². The Bertz CT molecular complexity index is 683. The number of benzene rings is 1. The zero-order valence-electron chi connectivity index (χ0n) is 18.1. The minimum atomic E-state index is 0.0308. The molecule has 1 aliphatic carbocycles. The second-order valence-electron chi connectivity index (χ2n) is 7.97. The number of ketones is 1. The zero-order chi connectivity index (χ0) is 20.5. The lowest BCUT2D eigenvalue weighted by molar-refractivity contribution is -0.119. The van der Waals surface area contributed by atoms with Crippen molar-refractivity contribution in [3.63, 3.8) is 0 Å². The monoisotopic (exact) mass is 400 g/mol. The van der Waals surface area contributed by atoms with Crippen LogP contribution in [-0.2, 0) is 10.5 Å². The molecular formula is C24H36N2OS. The highest BCUT2D eigenvalue weighted by Gasteiger charge is 2.29. The lowest BCUT2D eigenvalue weighted by Gasteiger charge is -2.25. The number of thioether (sulfide) groups is 1. The van der Waals surface area contributed by atoms with Gasteiger partial charge >= 0.3 is 0 Å². The summed E-state index contributed by atoms with van der Waals surface area (Å²) in [5.74, 6) is 1.99. The summed E-state index contributed by atoms with van der Waals surface area (Å²) < 4.78 is 0. The molecule has 3 atom stereocenters. The number of allylic oxidation sites excluding steroid dienone is 3. The van der Waals surface area contributed by atoms with E-state index in [-0.39, 0.29) is 11.7 Å². The predicted octanol–water partition coefficient (Wildman–Crippen LogP) is 5.11. The fraction of sp³-hybridized carbons (Fsp3) is 0.542. The van der Waals surface area contributed by atoms with Crippen molar-refractivity contribution in [2.24, 2.45) is 17.8 Å². The van der Waals surface area contributed by atoms with Gasteiger partial charge in [-0.3, -0.25) is 4.79 Å². The first-order valence-electron chi connectivity index (χ1n) is 10.5. The molecule has 2 unspecified atom stereocenters. The molecule has 0 bridgehead atoms. The standard InChI is InChI=1S/C24H36N2OS/c1-6-26(5)16-15-25-22-14-10-11-18(2)19(3)20(4)23(27)24(22)28-17-21-12-8-7-9-13-21/h7-10,12-14,18-20,25H,6,11,15-17H2,1-5H3/b14-10+,24-22-/t18?,19?,20-/m1/s1. The third-order valence-corrected chi connectivity index (χ3v) is 7.12. The van der Waals surface area contributed by atoms with E-state index in [2.05, 4.69) is 81.4 Å². The summed E-state index contributed by atoms with van der Waals surface area (Å²) in [4.78, 5) is 16.6. The van der Waals surface area contributed by atoms with Gasteiger partial charge in [-0.1, -0.05) is 64.1 Å². The second kappa shape index (κ2) is 11.5. The van der Waals surface area contributed by atoms with Crippen molar-refractivity contribution in [1.29, 1.82) is 0 Å². The van der Waals surface area contributed by atoms with Crippen LogP contribution in [0.25, 0.3) is 0 Å². The molecule has 2 rings (SSSR count). The Hall–Kier alpha value is -1.52. The molecule has 1 N–H and O–H groups in total. The van der Waals surface area contributed by atoms with Gasteiger partial charge in [0.05, 0.1) is 10.6 Å². The third-order valence-electron chi connectivity index (χ3n) is 5.94. The van der Waals surface area contributed by atoms with E-state index in [1.807, 2.05) is 6.07 Å². The van der Waals surface area contributed by atoms with Crippen molar-refractivity contribution < 1.29 is 4.79 Å². The fourth-order valence-electron chi connectivity index (χ4n) is 3.32. The van der Waals surface area contributed by atoms with Gasteiger partial charge in [0.25, 0.3) is 0 Å². The minimum absolute atomic E-state index is 0.0308. The quantitative estimate of drug-likeness (QED) is 0.657. The molecular weight excluding hydrogens is 364 g/mol. The van der Waals surface area contributed by atoms with Crippen LogP contribution in [0, 0.1) is 17.8 Å². The number of carbonyl (C=O) groups excluding carboxylic acids is 1. The van der Waals surface area contributed by atoms with E-state index in [0.717, 1.165) is 42.4 Å². The van der Waals surface area contributed by atoms with Gasteiger partial charge in [-0.05, 0) is 43.5 Å². The van der Waals surface area contributed by atoms with Crippen molar-refractivity contribution in [3.05, 3.63) is 58.6 Å². The summed E-state index contributed by atoms with van der Waals surface area (Å²) in [5, 5.41) is 3.56. The van der Waals surface area contributed by atoms with Crippen LogP contribution >= 0.6 is 11.8 Å². The summed E-state index contributed by atoms with van der Waals surface area (Å²) in [6, 6.07) is 10.4. The minimum Gasteiger partial charge on any atom is -0.383 e. The molecule has 0 aromatic heterocycles. The maximum atomic E-state index is 13.4. The van der Waals surface area contributed by atoms with Crippen molar-refractivity contribution in [3.8, 4) is 0 Å². The van der Waals surface area contributed by atoms with E-state index in [9.17, 15) is 4.79 Å². The number of rotatable bonds is 8. The van der Waals surface area contributed by atoms with Crippen LogP contribution in [0.15, 0.2) is 53.1 Å². The highest BCUT2D eigenvalue weighted by Crippen LogP contribution is 2.34. The number of hydrogen-bond donors (Lipinski definition) is 1. The third kappa shape index (κ3) is 6.52.